The molecule has 30 heavy (non-hydrogen) atoms. The number of rotatable bonds is 5. The van der Waals surface area contributed by atoms with Crippen LogP contribution in [0, 0.1) is 0 Å². The average molecular weight is 425 g/mol. The van der Waals surface area contributed by atoms with Crippen molar-refractivity contribution in [2.24, 2.45) is 9.98 Å². The molecule has 4 rings (SSSR count). The molecule has 0 unspecified atom stereocenters. The van der Waals surface area contributed by atoms with Crippen LogP contribution in [0.15, 0.2) is 117 Å². The van der Waals surface area contributed by atoms with Crippen molar-refractivity contribution in [1.82, 2.24) is 0 Å². The second kappa shape index (κ2) is 9.61. The Morgan fingerprint density at radius 1 is 0.500 bits per heavy atom. The van der Waals surface area contributed by atoms with E-state index in [1.54, 1.807) is 0 Å². The Balaban J connectivity index is 1.54. The highest BCUT2D eigenvalue weighted by Gasteiger charge is 2.05. The van der Waals surface area contributed by atoms with Gasteiger partial charge in [-0.2, -0.15) is 0 Å². The van der Waals surface area contributed by atoms with Crippen LogP contribution in [-0.4, -0.2) is 12.4 Å². The molecule has 4 aromatic rings. The van der Waals surface area contributed by atoms with Gasteiger partial charge < -0.3 is 0 Å². The van der Waals surface area contributed by atoms with E-state index in [1.807, 2.05) is 109 Å². The second-order valence-electron chi connectivity index (χ2n) is 6.74. The lowest BCUT2D eigenvalue weighted by Gasteiger charge is -2.07. The Kier molecular flexibility index (Phi) is 6.47. The van der Waals surface area contributed by atoms with Crippen molar-refractivity contribution in [3.8, 4) is 11.1 Å². The van der Waals surface area contributed by atoms with E-state index in [9.17, 15) is 0 Å². The van der Waals surface area contributed by atoms with Crippen molar-refractivity contribution in [1.29, 1.82) is 0 Å². The molecule has 0 bridgehead atoms. The summed E-state index contributed by atoms with van der Waals surface area (Å²) in [7, 11) is 0. The molecule has 0 saturated carbocycles. The van der Waals surface area contributed by atoms with Gasteiger partial charge in [-0.05, 0) is 46.5 Å². The molecule has 0 atom stereocenters. The molecule has 0 aromatic heterocycles. The van der Waals surface area contributed by atoms with Crippen molar-refractivity contribution >= 4 is 49.1 Å². The molecule has 0 spiro atoms. The molecule has 2 nitrogen and oxygen atoms in total. The molecule has 4 aromatic carbocycles. The maximum absolute atomic E-state index is 4.63. The lowest BCUT2D eigenvalue weighted by Crippen LogP contribution is -1.83. The van der Waals surface area contributed by atoms with Crippen LogP contribution in [-0.2, 0) is 0 Å². The fourth-order valence-corrected chi connectivity index (χ4v) is 3.53. The molecule has 0 aliphatic heterocycles. The van der Waals surface area contributed by atoms with Gasteiger partial charge in [-0.15, -0.1) is 25.3 Å². The van der Waals surface area contributed by atoms with Crippen molar-refractivity contribution in [2.75, 3.05) is 0 Å². The molecule has 0 fully saturated rings. The molecule has 0 saturated heterocycles. The van der Waals surface area contributed by atoms with Gasteiger partial charge >= 0.3 is 0 Å². The smallest absolute Gasteiger partial charge is 0.0763 e. The predicted molar refractivity (Wildman–Crippen MR) is 134 cm³/mol. The summed E-state index contributed by atoms with van der Waals surface area (Å²) in [6, 6.07) is 32.1. The van der Waals surface area contributed by atoms with Crippen molar-refractivity contribution in [2.45, 2.75) is 9.79 Å². The lowest BCUT2D eigenvalue weighted by molar-refractivity contribution is 1.36. The van der Waals surface area contributed by atoms with Gasteiger partial charge in [0, 0.05) is 22.2 Å². The van der Waals surface area contributed by atoms with E-state index in [0.717, 1.165) is 43.4 Å². The fraction of sp³-hybridized carbons (Fsp3) is 0. The molecule has 0 amide bonds. The summed E-state index contributed by atoms with van der Waals surface area (Å²) in [5.41, 5.74) is 5.91. The van der Waals surface area contributed by atoms with Gasteiger partial charge in [-0.3, -0.25) is 9.98 Å². The molecule has 0 heterocycles. The molecule has 0 aliphatic rings. The highest BCUT2D eigenvalue weighted by molar-refractivity contribution is 7.80. The number of nitrogens with zero attached hydrogens (tertiary/aromatic N) is 2. The second-order valence-corrected chi connectivity index (χ2v) is 7.71. The maximum Gasteiger partial charge on any atom is 0.0763 e. The van der Waals surface area contributed by atoms with Gasteiger partial charge in [0.15, 0.2) is 0 Å². The Hall–Kier alpha value is -3.08. The van der Waals surface area contributed by atoms with E-state index in [2.05, 4.69) is 35.2 Å². The van der Waals surface area contributed by atoms with E-state index < -0.39 is 0 Å². The summed E-state index contributed by atoms with van der Waals surface area (Å²) < 4.78 is 0. The van der Waals surface area contributed by atoms with Crippen LogP contribution in [0.3, 0.4) is 0 Å². The number of hydrogen-bond donors (Lipinski definition) is 2. The van der Waals surface area contributed by atoms with Gasteiger partial charge in [-0.25, -0.2) is 0 Å². The first-order valence-corrected chi connectivity index (χ1v) is 10.4. The minimum Gasteiger partial charge on any atom is -0.255 e. The molecule has 0 N–H and O–H groups in total. The normalized spacial score (nSPS) is 11.4. The zero-order chi connectivity index (χ0) is 20.8. The van der Waals surface area contributed by atoms with Crippen molar-refractivity contribution in [3.05, 3.63) is 108 Å². The van der Waals surface area contributed by atoms with Gasteiger partial charge in [0.2, 0.25) is 0 Å². The van der Waals surface area contributed by atoms with Gasteiger partial charge in [-0.1, -0.05) is 72.8 Å². The third kappa shape index (κ3) is 5.09. The molecule has 0 radical (unpaired) electrons. The zero-order valence-corrected chi connectivity index (χ0v) is 18.0. The first-order chi connectivity index (χ1) is 14.7. The molecule has 0 aliphatic carbocycles. The number of hydrogen-bond acceptors (Lipinski definition) is 4. The van der Waals surface area contributed by atoms with Crippen LogP contribution < -0.4 is 0 Å². The first-order valence-electron chi connectivity index (χ1n) is 9.54. The molecule has 146 valence electrons. The maximum atomic E-state index is 4.63. The molecule has 4 heteroatoms. The quantitative estimate of drug-likeness (QED) is 0.246. The molecular formula is C26H20N2S2. The minimum atomic E-state index is 0.826. The summed E-state index contributed by atoms with van der Waals surface area (Å²) in [5, 5.41) is 0. The lowest BCUT2D eigenvalue weighted by atomic mass is 10.0. The number of benzene rings is 4. The van der Waals surface area contributed by atoms with Crippen LogP contribution in [0.4, 0.5) is 11.4 Å². The monoisotopic (exact) mass is 424 g/mol. The van der Waals surface area contributed by atoms with Gasteiger partial charge in [0.25, 0.3) is 0 Å². The zero-order valence-electron chi connectivity index (χ0n) is 16.2. The Morgan fingerprint density at radius 2 is 0.900 bits per heavy atom. The molecular weight excluding hydrogens is 404 g/mol. The standard InChI is InChI=1S/C26H20N2S2/c29-25-15-21(11-13-23(25)27-17-19-7-3-1-4-8-19)22-12-14-24(26(30)16-22)28-18-20-9-5-2-6-10-20/h1-18,29-30H. The summed E-state index contributed by atoms with van der Waals surface area (Å²) in [6.07, 6.45) is 3.69. The van der Waals surface area contributed by atoms with E-state index in [0.29, 0.717) is 0 Å². The average Bonchev–Trinajstić information content (AvgIpc) is 2.79. The summed E-state index contributed by atoms with van der Waals surface area (Å²) in [6.45, 7) is 0. The van der Waals surface area contributed by atoms with Gasteiger partial charge in [0.1, 0.15) is 0 Å². The SMILES string of the molecule is Sc1cc(-c2ccc(N=Cc3ccccc3)c(S)c2)ccc1N=Cc1ccccc1. The number of thiol groups is 2. The van der Waals surface area contributed by atoms with Crippen LogP contribution in [0.2, 0.25) is 0 Å². The summed E-state index contributed by atoms with van der Waals surface area (Å²) >= 11 is 9.26. The predicted octanol–water partition coefficient (Wildman–Crippen LogP) is 7.43. The summed E-state index contributed by atoms with van der Waals surface area (Å²) in [5.74, 6) is 0. The topological polar surface area (TPSA) is 24.7 Å². The van der Waals surface area contributed by atoms with Crippen molar-refractivity contribution in [3.63, 3.8) is 0 Å². The van der Waals surface area contributed by atoms with E-state index in [-0.39, 0.29) is 0 Å². The summed E-state index contributed by atoms with van der Waals surface area (Å²) in [4.78, 5) is 10.8. The fourth-order valence-electron chi connectivity index (χ4n) is 2.99. The Bertz CT molecular complexity index is 1100. The number of aliphatic imine (C=N–C) groups is 2. The van der Waals surface area contributed by atoms with Crippen molar-refractivity contribution < 1.29 is 0 Å². The van der Waals surface area contributed by atoms with Crippen LogP contribution in [0.1, 0.15) is 11.1 Å². The van der Waals surface area contributed by atoms with Crippen LogP contribution in [0.25, 0.3) is 11.1 Å². The largest absolute Gasteiger partial charge is 0.255 e. The van der Waals surface area contributed by atoms with E-state index >= 15 is 0 Å². The van der Waals surface area contributed by atoms with Crippen LogP contribution >= 0.6 is 25.3 Å². The van der Waals surface area contributed by atoms with E-state index in [1.165, 1.54) is 0 Å². The minimum absolute atomic E-state index is 0.826. The highest BCUT2D eigenvalue weighted by Crippen LogP contribution is 2.33. The third-order valence-electron chi connectivity index (χ3n) is 4.59. The highest BCUT2D eigenvalue weighted by atomic mass is 32.1. The van der Waals surface area contributed by atoms with Crippen LogP contribution in [0.5, 0.6) is 0 Å². The van der Waals surface area contributed by atoms with Gasteiger partial charge in [0.05, 0.1) is 11.4 Å². The van der Waals surface area contributed by atoms with E-state index in [4.69, 9.17) is 0 Å². The Labute approximate surface area is 187 Å². The Morgan fingerprint density at radius 3 is 1.27 bits per heavy atom. The first kappa shape index (κ1) is 20.2. The third-order valence-corrected chi connectivity index (χ3v) is 5.31.